The molecular weight excluding hydrogens is 370 g/mol. The Morgan fingerprint density at radius 3 is 2.55 bits per heavy atom. The first-order valence-electron chi connectivity index (χ1n) is 9.22. The topological polar surface area (TPSA) is 86.4 Å². The van der Waals surface area contributed by atoms with Gasteiger partial charge in [0.2, 0.25) is 0 Å². The zero-order chi connectivity index (χ0) is 21.0. The summed E-state index contributed by atoms with van der Waals surface area (Å²) in [6.07, 6.45) is 2.04. The van der Waals surface area contributed by atoms with Crippen LogP contribution >= 0.6 is 0 Å². The molecule has 0 saturated carbocycles. The predicted molar refractivity (Wildman–Crippen MR) is 110 cm³/mol. The van der Waals surface area contributed by atoms with Crippen molar-refractivity contribution in [2.45, 2.75) is 33.8 Å². The van der Waals surface area contributed by atoms with E-state index in [0.717, 1.165) is 22.6 Å². The largest absolute Gasteiger partial charge is 0.449 e. The van der Waals surface area contributed by atoms with Crippen molar-refractivity contribution in [1.82, 2.24) is 9.72 Å². The molecule has 150 valence electrons. The van der Waals surface area contributed by atoms with Crippen LogP contribution in [0.2, 0.25) is 0 Å². The van der Waals surface area contributed by atoms with Crippen LogP contribution in [0.15, 0.2) is 53.1 Å². The van der Waals surface area contributed by atoms with Gasteiger partial charge in [-0.05, 0) is 57.5 Å². The fraction of sp³-hybridized carbons (Fsp3) is 0.227. The molecule has 1 N–H and O–H groups in total. The van der Waals surface area contributed by atoms with Gasteiger partial charge in [-0.15, -0.1) is 0 Å². The van der Waals surface area contributed by atoms with E-state index in [1.165, 1.54) is 13.0 Å². The average Bonchev–Trinajstić information content (AvgIpc) is 3.22. The number of nitrogens with one attached hydrogen (secondary N) is 1. The number of nitrogens with zero attached hydrogens (tertiary/aromatic N) is 2. The maximum atomic E-state index is 12.1. The summed E-state index contributed by atoms with van der Waals surface area (Å²) in [7, 11) is 0. The van der Waals surface area contributed by atoms with E-state index in [-0.39, 0.29) is 5.82 Å². The van der Waals surface area contributed by atoms with Crippen molar-refractivity contribution < 1.29 is 18.8 Å². The molecule has 3 aromatic rings. The quantitative estimate of drug-likeness (QED) is 0.506. The number of para-hydroxylation sites is 1. The predicted octanol–water partition coefficient (Wildman–Crippen LogP) is 3.97. The van der Waals surface area contributed by atoms with Crippen molar-refractivity contribution in [3.63, 3.8) is 0 Å². The molecule has 0 bridgehead atoms. The van der Waals surface area contributed by atoms with Crippen LogP contribution in [0.5, 0.6) is 0 Å². The Kier molecular flexibility index (Phi) is 5.97. The average molecular weight is 393 g/mol. The lowest BCUT2D eigenvalue weighted by atomic mass is 10.2. The van der Waals surface area contributed by atoms with Crippen LogP contribution in [0, 0.1) is 20.8 Å². The molecular formula is C22H23N3O4. The first-order valence-corrected chi connectivity index (χ1v) is 9.22. The van der Waals surface area contributed by atoms with Crippen LogP contribution in [0.3, 0.4) is 0 Å². The molecule has 0 unspecified atom stereocenters. The molecule has 0 fully saturated rings. The Morgan fingerprint density at radius 2 is 1.90 bits per heavy atom. The molecule has 7 nitrogen and oxygen atoms in total. The minimum Gasteiger partial charge on any atom is -0.449 e. The number of anilines is 1. The number of amides is 1. The number of hydrogen-bond donors (Lipinski definition) is 1. The molecule has 29 heavy (non-hydrogen) atoms. The van der Waals surface area contributed by atoms with Crippen molar-refractivity contribution in [2.75, 3.05) is 5.32 Å². The number of hydrogen-bond acceptors (Lipinski definition) is 5. The van der Waals surface area contributed by atoms with Gasteiger partial charge in [0.15, 0.2) is 11.9 Å². The summed E-state index contributed by atoms with van der Waals surface area (Å²) in [5, 5.41) is 6.21. The van der Waals surface area contributed by atoms with Crippen molar-refractivity contribution in [1.29, 1.82) is 0 Å². The van der Waals surface area contributed by atoms with Crippen LogP contribution in [-0.4, -0.2) is 27.7 Å². The zero-order valence-corrected chi connectivity index (χ0v) is 16.8. The smallest absolute Gasteiger partial charge is 0.331 e. The van der Waals surface area contributed by atoms with E-state index in [9.17, 15) is 9.59 Å². The van der Waals surface area contributed by atoms with Gasteiger partial charge in [-0.2, -0.15) is 0 Å². The lowest BCUT2D eigenvalue weighted by Gasteiger charge is -2.10. The molecule has 0 aliphatic heterocycles. The fourth-order valence-corrected chi connectivity index (χ4v) is 3.01. The van der Waals surface area contributed by atoms with Gasteiger partial charge in [0.25, 0.3) is 5.91 Å². The number of ether oxygens (including phenoxy) is 1. The fourth-order valence-electron chi connectivity index (χ4n) is 3.01. The second-order valence-corrected chi connectivity index (χ2v) is 6.72. The number of benzene rings is 1. The normalized spacial score (nSPS) is 12.1. The highest BCUT2D eigenvalue weighted by molar-refractivity contribution is 5.96. The van der Waals surface area contributed by atoms with Crippen molar-refractivity contribution >= 4 is 23.8 Å². The molecule has 0 spiro atoms. The van der Waals surface area contributed by atoms with Gasteiger partial charge in [-0.3, -0.25) is 4.79 Å². The highest BCUT2D eigenvalue weighted by atomic mass is 16.5. The second-order valence-electron chi connectivity index (χ2n) is 6.72. The summed E-state index contributed by atoms with van der Waals surface area (Å²) >= 11 is 0. The second kappa shape index (κ2) is 8.60. The maximum absolute atomic E-state index is 12.1. The molecule has 0 radical (unpaired) electrons. The third-order valence-electron chi connectivity index (χ3n) is 4.43. The number of carbonyl (C=O) groups is 2. The number of aryl methyl sites for hydroxylation is 2. The monoisotopic (exact) mass is 393 g/mol. The Morgan fingerprint density at radius 1 is 1.17 bits per heavy atom. The lowest BCUT2D eigenvalue weighted by molar-refractivity contribution is -0.148. The van der Waals surface area contributed by atoms with Crippen molar-refractivity contribution in [3.8, 4) is 5.69 Å². The van der Waals surface area contributed by atoms with E-state index in [2.05, 4.69) is 15.0 Å². The number of carbonyl (C=O) groups excluding carboxylic acids is 2. The van der Waals surface area contributed by atoms with Gasteiger partial charge >= 0.3 is 5.97 Å². The third kappa shape index (κ3) is 4.82. The van der Waals surface area contributed by atoms with E-state index in [1.54, 1.807) is 19.1 Å². The van der Waals surface area contributed by atoms with Crippen molar-refractivity contribution in [2.24, 2.45) is 0 Å². The summed E-state index contributed by atoms with van der Waals surface area (Å²) in [4.78, 5) is 24.2. The summed E-state index contributed by atoms with van der Waals surface area (Å²) < 4.78 is 12.2. The number of esters is 1. The Bertz CT molecular complexity index is 1050. The molecule has 2 heterocycles. The third-order valence-corrected chi connectivity index (χ3v) is 4.43. The minimum atomic E-state index is -0.971. The molecule has 1 atom stereocenters. The van der Waals surface area contributed by atoms with Gasteiger partial charge in [-0.25, -0.2) is 4.79 Å². The van der Waals surface area contributed by atoms with Crippen LogP contribution in [0.1, 0.15) is 29.6 Å². The lowest BCUT2D eigenvalue weighted by Crippen LogP contribution is -2.29. The number of aromatic nitrogens is 2. The minimum absolute atomic E-state index is 0.277. The van der Waals surface area contributed by atoms with Crippen LogP contribution < -0.4 is 5.32 Å². The molecule has 3 rings (SSSR count). The zero-order valence-electron chi connectivity index (χ0n) is 16.8. The standard InChI is InChI=1S/C22H23N3O4/c1-14-12-18(16(3)25(14)19-8-6-5-7-9-19)10-11-21(26)28-17(4)22(27)23-20-13-15(2)29-24-20/h5-13,17H,1-4H3,(H,23,24,27)/b11-10+/t17-/m1/s1. The molecule has 2 aromatic heterocycles. The molecule has 0 saturated heterocycles. The summed E-state index contributed by atoms with van der Waals surface area (Å²) in [6, 6.07) is 13.6. The summed E-state index contributed by atoms with van der Waals surface area (Å²) in [6.45, 7) is 7.20. The van der Waals surface area contributed by atoms with E-state index < -0.39 is 18.0 Å². The highest BCUT2D eigenvalue weighted by Gasteiger charge is 2.18. The van der Waals surface area contributed by atoms with Gasteiger partial charge in [-0.1, -0.05) is 23.4 Å². The first-order chi connectivity index (χ1) is 13.8. The summed E-state index contributed by atoms with van der Waals surface area (Å²) in [5.74, 6) is -0.240. The SMILES string of the molecule is Cc1cc(NC(=O)[C@@H](C)OC(=O)/C=C/c2cc(C)n(-c3ccccc3)c2C)no1. The van der Waals surface area contributed by atoms with Crippen LogP contribution in [0.4, 0.5) is 5.82 Å². The summed E-state index contributed by atoms with van der Waals surface area (Å²) in [5.41, 5.74) is 4.01. The maximum Gasteiger partial charge on any atom is 0.331 e. The van der Waals surface area contributed by atoms with E-state index >= 15 is 0 Å². The van der Waals surface area contributed by atoms with E-state index in [0.29, 0.717) is 5.76 Å². The Labute approximate surface area is 169 Å². The van der Waals surface area contributed by atoms with E-state index in [1.807, 2.05) is 50.2 Å². The van der Waals surface area contributed by atoms with Crippen LogP contribution in [0.25, 0.3) is 11.8 Å². The molecule has 1 aromatic carbocycles. The van der Waals surface area contributed by atoms with Gasteiger partial charge in [0.05, 0.1) is 0 Å². The van der Waals surface area contributed by atoms with Gasteiger partial charge < -0.3 is 19.1 Å². The van der Waals surface area contributed by atoms with Crippen molar-refractivity contribution in [3.05, 3.63) is 71.3 Å². The highest BCUT2D eigenvalue weighted by Crippen LogP contribution is 2.21. The van der Waals surface area contributed by atoms with Crippen LogP contribution in [-0.2, 0) is 14.3 Å². The Hall–Kier alpha value is -3.61. The number of rotatable bonds is 6. The Balaban J connectivity index is 1.64. The van der Waals surface area contributed by atoms with Gasteiger partial charge in [0.1, 0.15) is 5.76 Å². The van der Waals surface area contributed by atoms with Gasteiger partial charge in [0, 0.05) is 29.2 Å². The molecule has 0 aliphatic carbocycles. The molecule has 7 heteroatoms. The molecule has 0 aliphatic rings. The van der Waals surface area contributed by atoms with E-state index in [4.69, 9.17) is 9.26 Å². The first kappa shape index (κ1) is 20.1. The molecule has 1 amide bonds.